The minimum Gasteiger partial charge on any atom is -0.396 e. The van der Waals surface area contributed by atoms with Gasteiger partial charge in [0.05, 0.1) is 6.61 Å². The summed E-state index contributed by atoms with van der Waals surface area (Å²) in [6.45, 7) is 3.93. The van der Waals surface area contributed by atoms with Crippen molar-refractivity contribution in [3.63, 3.8) is 0 Å². The van der Waals surface area contributed by atoms with Gasteiger partial charge in [0.15, 0.2) is 0 Å². The van der Waals surface area contributed by atoms with Gasteiger partial charge < -0.3 is 10.2 Å². The highest BCUT2D eigenvalue weighted by atomic mass is 16.3. The predicted molar refractivity (Wildman–Crippen MR) is 61.8 cm³/mol. The lowest BCUT2D eigenvalue weighted by atomic mass is 9.96. The molecule has 0 aliphatic carbocycles. The van der Waals surface area contributed by atoms with Gasteiger partial charge in [-0.2, -0.15) is 0 Å². The second-order valence-corrected chi connectivity index (χ2v) is 4.64. The minimum absolute atomic E-state index is 0.296. The second-order valence-electron chi connectivity index (χ2n) is 4.64. The third kappa shape index (κ3) is 4.09. The van der Waals surface area contributed by atoms with Gasteiger partial charge in [-0.05, 0) is 45.6 Å². The number of hydrogen-bond acceptors (Lipinski definition) is 3. The van der Waals surface area contributed by atoms with Crippen LogP contribution in [0.25, 0.3) is 0 Å². The highest BCUT2D eigenvalue weighted by Crippen LogP contribution is 2.22. The molecule has 15 heavy (non-hydrogen) atoms. The third-order valence-electron chi connectivity index (χ3n) is 3.48. The fourth-order valence-corrected chi connectivity index (χ4v) is 2.52. The van der Waals surface area contributed by atoms with E-state index in [4.69, 9.17) is 5.11 Å². The van der Waals surface area contributed by atoms with Crippen LogP contribution in [0.4, 0.5) is 0 Å². The molecule has 2 N–H and O–H groups in total. The van der Waals surface area contributed by atoms with E-state index in [0.29, 0.717) is 25.3 Å². The van der Waals surface area contributed by atoms with Gasteiger partial charge in [-0.15, -0.1) is 0 Å². The lowest BCUT2D eigenvalue weighted by Gasteiger charge is -2.40. The Morgan fingerprint density at radius 3 is 2.60 bits per heavy atom. The Bertz CT molecular complexity index is 164. The molecule has 0 aromatic carbocycles. The van der Waals surface area contributed by atoms with E-state index in [-0.39, 0.29) is 0 Å². The summed E-state index contributed by atoms with van der Waals surface area (Å²) in [4.78, 5) is 2.45. The molecule has 0 amide bonds. The number of likely N-dealkylation sites (tertiary alicyclic amines) is 1. The summed E-state index contributed by atoms with van der Waals surface area (Å²) in [5.74, 6) is 0. The average molecular weight is 215 g/mol. The molecule has 0 spiro atoms. The molecule has 90 valence electrons. The van der Waals surface area contributed by atoms with Crippen molar-refractivity contribution in [3.05, 3.63) is 0 Å². The number of nitrogens with zero attached hydrogens (tertiary/aromatic N) is 1. The first-order chi connectivity index (χ1) is 7.29. The number of unbranched alkanes of at least 4 members (excludes halogenated alkanes) is 2. The Kier molecular flexibility index (Phi) is 6.22. The highest BCUT2D eigenvalue weighted by molar-refractivity contribution is 4.81. The molecule has 1 heterocycles. The largest absolute Gasteiger partial charge is 0.396 e. The third-order valence-corrected chi connectivity index (χ3v) is 3.48. The monoisotopic (exact) mass is 215 g/mol. The van der Waals surface area contributed by atoms with Crippen LogP contribution in [0.5, 0.6) is 0 Å². The zero-order chi connectivity index (χ0) is 11.1. The zero-order valence-electron chi connectivity index (χ0n) is 9.86. The van der Waals surface area contributed by atoms with Gasteiger partial charge in [0.2, 0.25) is 0 Å². The van der Waals surface area contributed by atoms with Crippen LogP contribution in [0.1, 0.15) is 45.4 Å². The van der Waals surface area contributed by atoms with Crippen molar-refractivity contribution in [3.8, 4) is 0 Å². The Morgan fingerprint density at radius 2 is 1.93 bits per heavy atom. The van der Waals surface area contributed by atoms with Gasteiger partial charge in [0, 0.05) is 18.7 Å². The van der Waals surface area contributed by atoms with Crippen molar-refractivity contribution in [2.24, 2.45) is 0 Å². The number of aliphatic hydroxyl groups is 2. The number of piperidine rings is 1. The Morgan fingerprint density at radius 1 is 1.13 bits per heavy atom. The summed E-state index contributed by atoms with van der Waals surface area (Å²) in [6.07, 6.45) is 6.79. The zero-order valence-corrected chi connectivity index (χ0v) is 9.86. The highest BCUT2D eigenvalue weighted by Gasteiger charge is 2.26. The molecule has 3 nitrogen and oxygen atoms in total. The van der Waals surface area contributed by atoms with Crippen LogP contribution in [-0.4, -0.2) is 47.0 Å². The molecule has 2 unspecified atom stereocenters. The van der Waals surface area contributed by atoms with E-state index in [1.807, 2.05) is 0 Å². The number of hydrogen-bond donors (Lipinski definition) is 2. The van der Waals surface area contributed by atoms with E-state index in [1.54, 1.807) is 0 Å². The van der Waals surface area contributed by atoms with Gasteiger partial charge in [0.25, 0.3) is 0 Å². The Balaban J connectivity index is 2.27. The smallest absolute Gasteiger partial charge is 0.0586 e. The summed E-state index contributed by atoms with van der Waals surface area (Å²) in [5, 5.41) is 18.0. The SMILES string of the molecule is CC1CCCC(CO)N1CCCCCO. The van der Waals surface area contributed by atoms with Crippen LogP contribution in [0.15, 0.2) is 0 Å². The fourth-order valence-electron chi connectivity index (χ4n) is 2.52. The molecule has 2 atom stereocenters. The first-order valence-electron chi connectivity index (χ1n) is 6.27. The molecule has 0 aromatic heterocycles. The molecule has 1 aliphatic heterocycles. The van der Waals surface area contributed by atoms with Crippen molar-refractivity contribution in [2.75, 3.05) is 19.8 Å². The van der Waals surface area contributed by atoms with Crippen LogP contribution >= 0.6 is 0 Å². The molecule has 0 bridgehead atoms. The minimum atomic E-state index is 0.296. The van der Waals surface area contributed by atoms with E-state index in [1.165, 1.54) is 12.8 Å². The van der Waals surface area contributed by atoms with Gasteiger partial charge in [-0.25, -0.2) is 0 Å². The summed E-state index contributed by atoms with van der Waals surface area (Å²) >= 11 is 0. The predicted octanol–water partition coefficient (Wildman–Crippen LogP) is 1.38. The molecule has 0 radical (unpaired) electrons. The second kappa shape index (κ2) is 7.20. The van der Waals surface area contributed by atoms with Gasteiger partial charge in [0.1, 0.15) is 0 Å². The van der Waals surface area contributed by atoms with E-state index in [9.17, 15) is 5.11 Å². The van der Waals surface area contributed by atoms with Crippen LogP contribution in [0.3, 0.4) is 0 Å². The lowest BCUT2D eigenvalue weighted by molar-refractivity contribution is 0.0501. The molecular weight excluding hydrogens is 190 g/mol. The van der Waals surface area contributed by atoms with Crippen LogP contribution in [0, 0.1) is 0 Å². The first kappa shape index (κ1) is 12.9. The van der Waals surface area contributed by atoms with Crippen molar-refractivity contribution >= 4 is 0 Å². The van der Waals surface area contributed by atoms with Crippen LogP contribution < -0.4 is 0 Å². The van der Waals surface area contributed by atoms with Crippen LogP contribution in [0.2, 0.25) is 0 Å². The molecule has 1 aliphatic rings. The lowest BCUT2D eigenvalue weighted by Crippen LogP contribution is -2.47. The van der Waals surface area contributed by atoms with Crippen LogP contribution in [-0.2, 0) is 0 Å². The maximum Gasteiger partial charge on any atom is 0.0586 e. The standard InChI is InChI=1S/C12H25NO2/c1-11-6-5-7-12(10-15)13(11)8-3-2-4-9-14/h11-12,14-15H,2-10H2,1H3. The summed E-state index contributed by atoms with van der Waals surface area (Å²) in [6, 6.07) is 0.993. The maximum atomic E-state index is 9.30. The van der Waals surface area contributed by atoms with Gasteiger partial charge in [-0.3, -0.25) is 4.90 Å². The van der Waals surface area contributed by atoms with Crippen molar-refractivity contribution in [1.29, 1.82) is 0 Å². The normalized spacial score (nSPS) is 28.2. The van der Waals surface area contributed by atoms with Gasteiger partial charge in [-0.1, -0.05) is 6.42 Å². The maximum absolute atomic E-state index is 9.30. The Hall–Kier alpha value is -0.120. The summed E-state index contributed by atoms with van der Waals surface area (Å²) in [7, 11) is 0. The molecular formula is C12H25NO2. The van der Waals surface area contributed by atoms with E-state index in [2.05, 4.69) is 11.8 Å². The molecule has 1 saturated heterocycles. The number of rotatable bonds is 6. The average Bonchev–Trinajstić information content (AvgIpc) is 2.26. The number of aliphatic hydroxyl groups excluding tert-OH is 2. The molecule has 1 fully saturated rings. The van der Waals surface area contributed by atoms with E-state index < -0.39 is 0 Å². The molecule has 3 heteroatoms. The molecule has 1 rings (SSSR count). The van der Waals surface area contributed by atoms with Crippen molar-refractivity contribution in [1.82, 2.24) is 4.90 Å². The van der Waals surface area contributed by atoms with Crippen molar-refractivity contribution in [2.45, 2.75) is 57.5 Å². The summed E-state index contributed by atoms with van der Waals surface area (Å²) in [5.41, 5.74) is 0. The molecule has 0 aromatic rings. The van der Waals surface area contributed by atoms with E-state index >= 15 is 0 Å². The fraction of sp³-hybridized carbons (Fsp3) is 1.00. The first-order valence-corrected chi connectivity index (χ1v) is 6.27. The summed E-state index contributed by atoms with van der Waals surface area (Å²) < 4.78 is 0. The molecule has 0 saturated carbocycles. The van der Waals surface area contributed by atoms with Crippen molar-refractivity contribution < 1.29 is 10.2 Å². The quantitative estimate of drug-likeness (QED) is 0.658. The van der Waals surface area contributed by atoms with E-state index in [0.717, 1.165) is 32.2 Å². The van der Waals surface area contributed by atoms with Gasteiger partial charge >= 0.3 is 0 Å². The Labute approximate surface area is 93.1 Å². The topological polar surface area (TPSA) is 43.7 Å².